The summed E-state index contributed by atoms with van der Waals surface area (Å²) < 4.78 is 0. The van der Waals surface area contributed by atoms with Gasteiger partial charge in [0.05, 0.1) is 12.7 Å². The van der Waals surface area contributed by atoms with Gasteiger partial charge in [-0.3, -0.25) is 9.98 Å². The number of aromatic nitrogens is 2. The number of anilines is 1. The lowest BCUT2D eigenvalue weighted by atomic mass is 10.4. The minimum Gasteiger partial charge on any atom is -0.367 e. The maximum Gasteiger partial charge on any atom is 0.193 e. The highest BCUT2D eigenvalue weighted by Crippen LogP contribution is 2.07. The van der Waals surface area contributed by atoms with Crippen molar-refractivity contribution in [2.45, 2.75) is 19.8 Å². The Kier molecular flexibility index (Phi) is 5.40. The molecule has 6 heteroatoms. The first-order chi connectivity index (χ1) is 9.40. The van der Waals surface area contributed by atoms with Crippen LogP contribution in [-0.4, -0.2) is 53.6 Å². The third-order valence-corrected chi connectivity index (χ3v) is 2.98. The van der Waals surface area contributed by atoms with Crippen molar-refractivity contribution < 1.29 is 0 Å². The molecule has 1 aliphatic rings. The van der Waals surface area contributed by atoms with Gasteiger partial charge >= 0.3 is 0 Å². The first-order valence-electron chi connectivity index (χ1n) is 6.93. The van der Waals surface area contributed by atoms with Crippen LogP contribution in [0.5, 0.6) is 0 Å². The molecular weight excluding hydrogens is 240 g/mol. The molecule has 0 aliphatic carbocycles. The molecule has 1 saturated heterocycles. The Bertz CT molecular complexity index is 385. The number of guanidine groups is 1. The van der Waals surface area contributed by atoms with E-state index < -0.39 is 0 Å². The molecule has 0 amide bonds. The van der Waals surface area contributed by atoms with E-state index in [0.29, 0.717) is 0 Å². The lowest BCUT2D eigenvalue weighted by Gasteiger charge is -2.20. The Labute approximate surface area is 114 Å². The van der Waals surface area contributed by atoms with Crippen LogP contribution in [0.25, 0.3) is 0 Å². The second-order valence-electron chi connectivity index (χ2n) is 4.45. The first-order valence-corrected chi connectivity index (χ1v) is 6.93. The Hall–Kier alpha value is -1.85. The van der Waals surface area contributed by atoms with Crippen LogP contribution in [0.3, 0.4) is 0 Å². The molecule has 0 aromatic carbocycles. The highest BCUT2D eigenvalue weighted by Gasteiger charge is 2.14. The van der Waals surface area contributed by atoms with E-state index in [-0.39, 0.29) is 0 Å². The van der Waals surface area contributed by atoms with Crippen LogP contribution in [0.1, 0.15) is 19.8 Å². The molecule has 1 aromatic rings. The molecule has 2 heterocycles. The third-order valence-electron chi connectivity index (χ3n) is 2.98. The molecule has 19 heavy (non-hydrogen) atoms. The van der Waals surface area contributed by atoms with E-state index in [0.717, 1.165) is 44.5 Å². The number of likely N-dealkylation sites (tertiary alicyclic amines) is 1. The van der Waals surface area contributed by atoms with E-state index in [2.05, 4.69) is 37.4 Å². The summed E-state index contributed by atoms with van der Waals surface area (Å²) in [6.07, 6.45) is 7.60. The molecule has 1 aromatic heterocycles. The van der Waals surface area contributed by atoms with Gasteiger partial charge in [-0.25, -0.2) is 4.98 Å². The fraction of sp³-hybridized carbons (Fsp3) is 0.615. The highest BCUT2D eigenvalue weighted by molar-refractivity contribution is 5.80. The van der Waals surface area contributed by atoms with Crippen molar-refractivity contribution >= 4 is 11.8 Å². The SMILES string of the molecule is CCNC(=NCCNc1cnccn1)N1CCCC1. The van der Waals surface area contributed by atoms with Gasteiger partial charge in [0.25, 0.3) is 0 Å². The summed E-state index contributed by atoms with van der Waals surface area (Å²) in [5, 5.41) is 6.55. The van der Waals surface area contributed by atoms with Crippen LogP contribution in [0.15, 0.2) is 23.6 Å². The van der Waals surface area contributed by atoms with Gasteiger partial charge in [0, 0.05) is 38.6 Å². The van der Waals surface area contributed by atoms with Gasteiger partial charge < -0.3 is 15.5 Å². The molecule has 0 unspecified atom stereocenters. The number of hydrogen-bond acceptors (Lipinski definition) is 4. The van der Waals surface area contributed by atoms with Gasteiger partial charge in [0.1, 0.15) is 5.82 Å². The lowest BCUT2D eigenvalue weighted by Crippen LogP contribution is -2.39. The van der Waals surface area contributed by atoms with Crippen LogP contribution >= 0.6 is 0 Å². The molecule has 6 nitrogen and oxygen atoms in total. The molecule has 104 valence electrons. The van der Waals surface area contributed by atoms with Gasteiger partial charge in [-0.05, 0) is 19.8 Å². The monoisotopic (exact) mass is 262 g/mol. The summed E-state index contributed by atoms with van der Waals surface area (Å²) in [4.78, 5) is 15.1. The first kappa shape index (κ1) is 13.6. The van der Waals surface area contributed by atoms with Gasteiger partial charge in [-0.1, -0.05) is 0 Å². The van der Waals surface area contributed by atoms with E-state index in [9.17, 15) is 0 Å². The zero-order valence-electron chi connectivity index (χ0n) is 11.5. The normalized spacial score (nSPS) is 15.6. The maximum atomic E-state index is 4.63. The summed E-state index contributed by atoms with van der Waals surface area (Å²) in [7, 11) is 0. The Balaban J connectivity index is 1.78. The van der Waals surface area contributed by atoms with E-state index in [1.54, 1.807) is 18.6 Å². The van der Waals surface area contributed by atoms with Crippen molar-refractivity contribution in [3.8, 4) is 0 Å². The molecule has 0 saturated carbocycles. The van der Waals surface area contributed by atoms with Crippen LogP contribution in [0.2, 0.25) is 0 Å². The van der Waals surface area contributed by atoms with Crippen molar-refractivity contribution in [3.63, 3.8) is 0 Å². The summed E-state index contributed by atoms with van der Waals surface area (Å²) in [6, 6.07) is 0. The Morgan fingerprint density at radius 2 is 2.21 bits per heavy atom. The lowest BCUT2D eigenvalue weighted by molar-refractivity contribution is 0.494. The number of rotatable bonds is 5. The van der Waals surface area contributed by atoms with Gasteiger partial charge in [0.2, 0.25) is 0 Å². The van der Waals surface area contributed by atoms with Crippen molar-refractivity contribution in [1.82, 2.24) is 20.2 Å². The largest absolute Gasteiger partial charge is 0.367 e. The molecule has 0 bridgehead atoms. The zero-order valence-corrected chi connectivity index (χ0v) is 11.5. The smallest absolute Gasteiger partial charge is 0.193 e. The quantitative estimate of drug-likeness (QED) is 0.470. The number of nitrogens with one attached hydrogen (secondary N) is 2. The van der Waals surface area contributed by atoms with Gasteiger partial charge in [-0.2, -0.15) is 0 Å². The van der Waals surface area contributed by atoms with Crippen molar-refractivity contribution in [3.05, 3.63) is 18.6 Å². The molecule has 0 radical (unpaired) electrons. The van der Waals surface area contributed by atoms with Crippen molar-refractivity contribution in [2.24, 2.45) is 4.99 Å². The van der Waals surface area contributed by atoms with Crippen LogP contribution in [0.4, 0.5) is 5.82 Å². The van der Waals surface area contributed by atoms with Gasteiger partial charge in [0.15, 0.2) is 5.96 Å². The Morgan fingerprint density at radius 3 is 2.89 bits per heavy atom. The summed E-state index contributed by atoms with van der Waals surface area (Å²) in [6.45, 7) is 6.74. The van der Waals surface area contributed by atoms with E-state index in [1.807, 2.05) is 0 Å². The van der Waals surface area contributed by atoms with E-state index >= 15 is 0 Å². The second-order valence-corrected chi connectivity index (χ2v) is 4.45. The predicted molar refractivity (Wildman–Crippen MR) is 77.3 cm³/mol. The number of aliphatic imine (C=N–C) groups is 1. The molecule has 0 atom stereocenters. The minimum absolute atomic E-state index is 0.732. The maximum absolute atomic E-state index is 4.63. The average Bonchev–Trinajstić information content (AvgIpc) is 2.97. The molecule has 1 aliphatic heterocycles. The molecule has 2 N–H and O–H groups in total. The van der Waals surface area contributed by atoms with Crippen LogP contribution in [-0.2, 0) is 0 Å². The highest BCUT2D eigenvalue weighted by atomic mass is 15.3. The molecule has 1 fully saturated rings. The predicted octanol–water partition coefficient (Wildman–Crippen LogP) is 0.950. The van der Waals surface area contributed by atoms with Crippen molar-refractivity contribution in [1.29, 1.82) is 0 Å². The topological polar surface area (TPSA) is 65.4 Å². The van der Waals surface area contributed by atoms with E-state index in [4.69, 9.17) is 0 Å². The fourth-order valence-electron chi connectivity index (χ4n) is 2.09. The minimum atomic E-state index is 0.732. The standard InChI is InChI=1S/C13H22N6/c1-2-15-13(19-9-3-4-10-19)18-8-7-17-12-11-14-5-6-16-12/h5-6,11H,2-4,7-10H2,1H3,(H,15,18)(H,16,17). The van der Waals surface area contributed by atoms with E-state index in [1.165, 1.54) is 12.8 Å². The summed E-state index contributed by atoms with van der Waals surface area (Å²) >= 11 is 0. The van der Waals surface area contributed by atoms with Crippen LogP contribution in [0, 0.1) is 0 Å². The zero-order chi connectivity index (χ0) is 13.3. The Morgan fingerprint density at radius 1 is 1.37 bits per heavy atom. The fourth-order valence-corrected chi connectivity index (χ4v) is 2.09. The number of nitrogens with zero attached hydrogens (tertiary/aromatic N) is 4. The summed E-state index contributed by atoms with van der Waals surface area (Å²) in [5.74, 6) is 1.82. The number of hydrogen-bond donors (Lipinski definition) is 2. The third kappa shape index (κ3) is 4.39. The molecule has 2 rings (SSSR count). The second kappa shape index (κ2) is 7.56. The van der Waals surface area contributed by atoms with Gasteiger partial charge in [-0.15, -0.1) is 0 Å². The van der Waals surface area contributed by atoms with Crippen molar-refractivity contribution in [2.75, 3.05) is 38.0 Å². The average molecular weight is 262 g/mol. The van der Waals surface area contributed by atoms with Crippen LogP contribution < -0.4 is 10.6 Å². The molecule has 0 spiro atoms. The molecular formula is C13H22N6. The summed E-state index contributed by atoms with van der Waals surface area (Å²) in [5.41, 5.74) is 0.